The van der Waals surface area contributed by atoms with Crippen LogP contribution in [-0.4, -0.2) is 21.6 Å². The van der Waals surface area contributed by atoms with Crippen molar-refractivity contribution in [1.82, 2.24) is 9.99 Å². The zero-order valence-electron chi connectivity index (χ0n) is 15.5. The Morgan fingerprint density at radius 3 is 2.11 bits per heavy atom. The van der Waals surface area contributed by atoms with E-state index in [-0.39, 0.29) is 11.9 Å². The van der Waals surface area contributed by atoms with Gasteiger partial charge in [0.1, 0.15) is 0 Å². The molecular formula is C23H21N3O. The summed E-state index contributed by atoms with van der Waals surface area (Å²) in [4.78, 5) is 17.1. The van der Waals surface area contributed by atoms with Gasteiger partial charge in [-0.2, -0.15) is 5.10 Å². The molecule has 2 aromatic carbocycles. The molecule has 2 heterocycles. The molecule has 0 bridgehead atoms. The number of hydrogen-bond acceptors (Lipinski definition) is 3. The number of carbonyl (C=O) groups excluding carboxylic acids is 1. The molecule has 0 saturated heterocycles. The predicted molar refractivity (Wildman–Crippen MR) is 107 cm³/mol. The van der Waals surface area contributed by atoms with Gasteiger partial charge in [-0.1, -0.05) is 59.7 Å². The van der Waals surface area contributed by atoms with E-state index in [1.165, 1.54) is 11.1 Å². The van der Waals surface area contributed by atoms with E-state index in [1.54, 1.807) is 29.5 Å². The first-order valence-corrected chi connectivity index (χ1v) is 9.06. The van der Waals surface area contributed by atoms with Crippen molar-refractivity contribution < 1.29 is 4.79 Å². The van der Waals surface area contributed by atoms with Gasteiger partial charge in [-0.05, 0) is 37.1 Å². The Bertz CT molecular complexity index is 976. The molecule has 1 atom stereocenters. The van der Waals surface area contributed by atoms with Crippen LogP contribution >= 0.6 is 0 Å². The lowest BCUT2D eigenvalue weighted by molar-refractivity contribution is 0.0711. The third kappa shape index (κ3) is 3.51. The quantitative estimate of drug-likeness (QED) is 0.684. The molecule has 134 valence electrons. The number of hydrazone groups is 1. The van der Waals surface area contributed by atoms with Crippen LogP contribution < -0.4 is 0 Å². The summed E-state index contributed by atoms with van der Waals surface area (Å²) in [5.74, 6) is -0.106. The van der Waals surface area contributed by atoms with Crippen LogP contribution in [0.4, 0.5) is 0 Å². The highest BCUT2D eigenvalue weighted by Crippen LogP contribution is 2.34. The molecule has 1 aliphatic heterocycles. The van der Waals surface area contributed by atoms with Crippen LogP contribution in [0.2, 0.25) is 0 Å². The lowest BCUT2D eigenvalue weighted by atomic mass is 9.97. The smallest absolute Gasteiger partial charge is 0.267 e. The van der Waals surface area contributed by atoms with Crippen molar-refractivity contribution >= 4 is 11.6 Å². The Morgan fingerprint density at radius 1 is 0.889 bits per heavy atom. The van der Waals surface area contributed by atoms with Gasteiger partial charge in [-0.25, -0.2) is 5.01 Å². The van der Waals surface area contributed by atoms with Crippen LogP contribution in [0.5, 0.6) is 0 Å². The summed E-state index contributed by atoms with van der Waals surface area (Å²) in [5, 5.41) is 6.34. The summed E-state index contributed by atoms with van der Waals surface area (Å²) >= 11 is 0. The van der Waals surface area contributed by atoms with Gasteiger partial charge in [0.15, 0.2) is 0 Å². The number of carbonyl (C=O) groups is 1. The molecule has 0 spiro atoms. The van der Waals surface area contributed by atoms with Gasteiger partial charge < -0.3 is 0 Å². The van der Waals surface area contributed by atoms with Gasteiger partial charge in [-0.3, -0.25) is 9.78 Å². The maximum Gasteiger partial charge on any atom is 0.274 e. The van der Waals surface area contributed by atoms with Gasteiger partial charge in [-0.15, -0.1) is 0 Å². The molecule has 27 heavy (non-hydrogen) atoms. The average molecular weight is 355 g/mol. The molecule has 1 unspecified atom stereocenters. The van der Waals surface area contributed by atoms with E-state index in [1.807, 2.05) is 0 Å². The molecule has 4 rings (SSSR count). The topological polar surface area (TPSA) is 45.6 Å². The Balaban J connectivity index is 1.72. The van der Waals surface area contributed by atoms with E-state index in [0.717, 1.165) is 16.8 Å². The first kappa shape index (κ1) is 17.2. The molecule has 4 heteroatoms. The number of hydrogen-bond donors (Lipinski definition) is 0. The number of amides is 1. The number of pyridine rings is 1. The van der Waals surface area contributed by atoms with Gasteiger partial charge in [0.25, 0.3) is 5.91 Å². The fraction of sp³-hybridized carbons (Fsp3) is 0.174. The van der Waals surface area contributed by atoms with Gasteiger partial charge >= 0.3 is 0 Å². The van der Waals surface area contributed by atoms with Gasteiger partial charge in [0.2, 0.25) is 0 Å². The maximum atomic E-state index is 13.1. The van der Waals surface area contributed by atoms with Gasteiger partial charge in [0, 0.05) is 24.4 Å². The highest BCUT2D eigenvalue weighted by molar-refractivity contribution is 6.05. The van der Waals surface area contributed by atoms with E-state index < -0.39 is 0 Å². The van der Waals surface area contributed by atoms with Crippen LogP contribution in [-0.2, 0) is 0 Å². The van der Waals surface area contributed by atoms with Crippen molar-refractivity contribution in [2.24, 2.45) is 5.10 Å². The Labute approximate surface area is 159 Å². The molecule has 4 nitrogen and oxygen atoms in total. The fourth-order valence-electron chi connectivity index (χ4n) is 3.29. The predicted octanol–water partition coefficient (Wildman–Crippen LogP) is 4.69. The van der Waals surface area contributed by atoms with Crippen LogP contribution in [0.1, 0.15) is 45.1 Å². The number of aryl methyl sites for hydroxylation is 2. The highest BCUT2D eigenvalue weighted by Gasteiger charge is 2.33. The van der Waals surface area contributed by atoms with E-state index in [9.17, 15) is 4.79 Å². The van der Waals surface area contributed by atoms with E-state index in [4.69, 9.17) is 5.10 Å². The van der Waals surface area contributed by atoms with Crippen LogP contribution in [0, 0.1) is 13.8 Å². The molecule has 0 radical (unpaired) electrons. The molecular weight excluding hydrogens is 334 g/mol. The number of aromatic nitrogens is 1. The minimum atomic E-state index is -0.109. The molecule has 3 aromatic rings. The minimum Gasteiger partial charge on any atom is -0.267 e. The summed E-state index contributed by atoms with van der Waals surface area (Å²) in [6.45, 7) is 4.13. The second-order valence-electron chi connectivity index (χ2n) is 6.93. The summed E-state index contributed by atoms with van der Waals surface area (Å²) in [7, 11) is 0. The minimum absolute atomic E-state index is 0.106. The SMILES string of the molecule is Cc1ccc(C2=NN(C(=O)c3ccncc3)C(c3ccc(C)cc3)C2)cc1. The zero-order valence-corrected chi connectivity index (χ0v) is 15.5. The number of rotatable bonds is 3. The molecule has 0 aliphatic carbocycles. The Hall–Kier alpha value is -3.27. The van der Waals surface area contributed by atoms with Crippen molar-refractivity contribution in [3.63, 3.8) is 0 Å². The normalized spacial score (nSPS) is 16.3. The third-order valence-electron chi connectivity index (χ3n) is 4.89. The van der Waals surface area contributed by atoms with Crippen molar-refractivity contribution in [3.8, 4) is 0 Å². The summed E-state index contributed by atoms with van der Waals surface area (Å²) < 4.78 is 0. The first-order chi connectivity index (χ1) is 13.1. The summed E-state index contributed by atoms with van der Waals surface area (Å²) in [5.41, 5.74) is 6.08. The van der Waals surface area contributed by atoms with Crippen molar-refractivity contribution in [2.45, 2.75) is 26.3 Å². The lowest BCUT2D eigenvalue weighted by Crippen LogP contribution is -2.27. The molecule has 0 N–H and O–H groups in total. The molecule has 1 aromatic heterocycles. The fourth-order valence-corrected chi connectivity index (χ4v) is 3.29. The van der Waals surface area contributed by atoms with Crippen LogP contribution in [0.25, 0.3) is 0 Å². The van der Waals surface area contributed by atoms with E-state index in [2.05, 4.69) is 67.4 Å². The standard InChI is InChI=1S/C23H21N3O/c1-16-3-7-18(8-4-16)21-15-22(19-9-5-17(2)6-10-19)26(25-21)23(27)20-11-13-24-14-12-20/h3-14,22H,15H2,1-2H3. The van der Waals surface area contributed by atoms with Crippen LogP contribution in [0.3, 0.4) is 0 Å². The number of benzene rings is 2. The lowest BCUT2D eigenvalue weighted by Gasteiger charge is -2.22. The second kappa shape index (κ2) is 7.16. The number of nitrogens with zero attached hydrogens (tertiary/aromatic N) is 3. The summed E-state index contributed by atoms with van der Waals surface area (Å²) in [6.07, 6.45) is 3.96. The monoisotopic (exact) mass is 355 g/mol. The maximum absolute atomic E-state index is 13.1. The molecule has 0 fully saturated rings. The van der Waals surface area contributed by atoms with Crippen molar-refractivity contribution in [3.05, 3.63) is 101 Å². The zero-order chi connectivity index (χ0) is 18.8. The molecule has 1 aliphatic rings. The first-order valence-electron chi connectivity index (χ1n) is 9.06. The van der Waals surface area contributed by atoms with Crippen LogP contribution in [0.15, 0.2) is 78.2 Å². The van der Waals surface area contributed by atoms with Gasteiger partial charge in [0.05, 0.1) is 11.8 Å². The van der Waals surface area contributed by atoms with Crippen molar-refractivity contribution in [1.29, 1.82) is 0 Å². The summed E-state index contributed by atoms with van der Waals surface area (Å²) in [6, 6.07) is 20.0. The molecule has 0 saturated carbocycles. The molecule has 1 amide bonds. The van der Waals surface area contributed by atoms with Crippen molar-refractivity contribution in [2.75, 3.05) is 0 Å². The third-order valence-corrected chi connectivity index (χ3v) is 4.89. The average Bonchev–Trinajstić information content (AvgIpc) is 3.14. The highest BCUT2D eigenvalue weighted by atomic mass is 16.2. The Kier molecular flexibility index (Phi) is 4.55. The second-order valence-corrected chi connectivity index (χ2v) is 6.93. The largest absolute Gasteiger partial charge is 0.274 e. The Morgan fingerprint density at radius 2 is 1.48 bits per heavy atom. The van der Waals surface area contributed by atoms with E-state index >= 15 is 0 Å². The van der Waals surface area contributed by atoms with E-state index in [0.29, 0.717) is 12.0 Å².